The number of non-ortho nitro benzene ring substituents is 1. The van der Waals surface area contributed by atoms with Gasteiger partial charge >= 0.3 is 0 Å². The summed E-state index contributed by atoms with van der Waals surface area (Å²) >= 11 is 0. The zero-order valence-corrected chi connectivity index (χ0v) is 31.5. The Balaban J connectivity index is 1.60. The van der Waals surface area contributed by atoms with Gasteiger partial charge in [0.15, 0.2) is 0 Å². The molecule has 2 fully saturated rings. The first-order valence-electron chi connectivity index (χ1n) is 19.7. The first kappa shape index (κ1) is 42.9. The Labute approximate surface area is 321 Å². The molecule has 8 N–H and O–H groups in total. The van der Waals surface area contributed by atoms with Crippen molar-refractivity contribution in [1.29, 1.82) is 0 Å². The zero-order chi connectivity index (χ0) is 39.7. The van der Waals surface area contributed by atoms with Crippen LogP contribution in [0, 0.1) is 22.0 Å². The van der Waals surface area contributed by atoms with Crippen molar-refractivity contribution in [1.82, 2.24) is 26.6 Å². The van der Waals surface area contributed by atoms with Crippen LogP contribution in [0.5, 0.6) is 0 Å². The first-order valence-corrected chi connectivity index (χ1v) is 19.7. The third kappa shape index (κ3) is 14.7. The Bertz CT molecular complexity index is 1520. The number of hydrogen-bond acceptors (Lipinski definition) is 9. The third-order valence-electron chi connectivity index (χ3n) is 10.9. The molecule has 0 spiro atoms. The molecule has 1 aromatic rings. The number of rotatable bonds is 8. The quantitative estimate of drug-likeness (QED) is 0.151. The number of nitro groups is 1. The van der Waals surface area contributed by atoms with Crippen molar-refractivity contribution >= 4 is 41.1 Å². The van der Waals surface area contributed by atoms with Gasteiger partial charge in [0.2, 0.25) is 35.4 Å². The fourth-order valence-corrected chi connectivity index (χ4v) is 7.83. The summed E-state index contributed by atoms with van der Waals surface area (Å²) in [6.07, 6.45) is 11.7. The highest BCUT2D eigenvalue weighted by atomic mass is 16.6. The lowest BCUT2D eigenvalue weighted by molar-refractivity contribution is -0.384. The highest BCUT2D eigenvalue weighted by Crippen LogP contribution is 2.29. The summed E-state index contributed by atoms with van der Waals surface area (Å²) < 4.78 is 0. The van der Waals surface area contributed by atoms with E-state index in [9.17, 15) is 44.0 Å². The van der Waals surface area contributed by atoms with E-state index < -0.39 is 77.1 Å². The molecule has 0 bridgehead atoms. The molecule has 3 aliphatic rings. The van der Waals surface area contributed by atoms with Gasteiger partial charge in [0.1, 0.15) is 18.1 Å². The van der Waals surface area contributed by atoms with Gasteiger partial charge < -0.3 is 37.4 Å². The van der Waals surface area contributed by atoms with E-state index in [-0.39, 0.29) is 36.9 Å². The molecule has 0 saturated heterocycles. The molecule has 16 nitrogen and oxygen atoms in total. The van der Waals surface area contributed by atoms with Gasteiger partial charge in [0.25, 0.3) is 5.69 Å². The lowest BCUT2D eigenvalue weighted by atomic mass is 9.83. The maximum Gasteiger partial charge on any atom is 0.269 e. The number of aliphatic hydroxyl groups excluding tert-OH is 1. The maximum atomic E-state index is 14.0. The second-order valence-corrected chi connectivity index (χ2v) is 15.3. The van der Waals surface area contributed by atoms with Crippen LogP contribution in [0.3, 0.4) is 0 Å². The number of carbonyl (C=O) groups is 6. The minimum absolute atomic E-state index is 0.00419. The van der Waals surface area contributed by atoms with Crippen LogP contribution in [-0.4, -0.2) is 82.3 Å². The van der Waals surface area contributed by atoms with E-state index in [4.69, 9.17) is 5.73 Å². The third-order valence-corrected chi connectivity index (χ3v) is 10.9. The largest absolute Gasteiger partial charge is 0.390 e. The molecule has 5 atom stereocenters. The number of benzene rings is 1. The molecule has 1 aromatic carbocycles. The van der Waals surface area contributed by atoms with Crippen molar-refractivity contribution in [2.75, 3.05) is 6.54 Å². The number of primary amides is 1. The molecular formula is C39H57N7O9. The SMILES string of the molecule is NC(=O)[C@@H]1CCCCNC(=O)[C@H](Cc2ccc([N+](=O)[O-])cc2)NC(=O)[C@H](CC2CCCCC2)NC(=O)C[C@H](O)[C@H](CC2CCCCC2)NC(=O)/C=C\C(=O)N1. The molecule has 6 amide bonds. The van der Waals surface area contributed by atoms with Gasteiger partial charge in [-0.3, -0.25) is 38.9 Å². The minimum Gasteiger partial charge on any atom is -0.390 e. The maximum absolute atomic E-state index is 14.0. The molecule has 0 unspecified atom stereocenters. The molecule has 1 aliphatic heterocycles. The number of amides is 6. The fraction of sp³-hybridized carbons (Fsp3) is 0.641. The van der Waals surface area contributed by atoms with Gasteiger partial charge in [-0.1, -0.05) is 76.3 Å². The molecule has 302 valence electrons. The second-order valence-electron chi connectivity index (χ2n) is 15.3. The molecule has 55 heavy (non-hydrogen) atoms. The monoisotopic (exact) mass is 767 g/mol. The van der Waals surface area contributed by atoms with Crippen molar-refractivity contribution in [3.8, 4) is 0 Å². The van der Waals surface area contributed by atoms with Gasteiger partial charge in [0, 0.05) is 37.3 Å². The van der Waals surface area contributed by atoms with Crippen LogP contribution >= 0.6 is 0 Å². The topological polar surface area (TPSA) is 252 Å². The molecule has 0 aromatic heterocycles. The lowest BCUT2D eigenvalue weighted by Crippen LogP contribution is -2.55. The van der Waals surface area contributed by atoms with Crippen LogP contribution in [0.1, 0.15) is 108 Å². The smallest absolute Gasteiger partial charge is 0.269 e. The second kappa shape index (κ2) is 21.9. The zero-order valence-electron chi connectivity index (χ0n) is 31.5. The Kier molecular flexibility index (Phi) is 17.1. The molecule has 1 heterocycles. The Morgan fingerprint density at radius 3 is 1.91 bits per heavy atom. The van der Waals surface area contributed by atoms with Gasteiger partial charge in [-0.25, -0.2) is 0 Å². The summed E-state index contributed by atoms with van der Waals surface area (Å²) in [5.74, 6) is -3.47. The average molecular weight is 768 g/mol. The molecule has 0 radical (unpaired) electrons. The van der Waals surface area contributed by atoms with Crippen LogP contribution in [-0.2, 0) is 35.2 Å². The van der Waals surface area contributed by atoms with Crippen LogP contribution in [0.2, 0.25) is 0 Å². The average Bonchev–Trinajstić information content (AvgIpc) is 3.16. The van der Waals surface area contributed by atoms with Crippen molar-refractivity contribution in [3.05, 3.63) is 52.1 Å². The van der Waals surface area contributed by atoms with Gasteiger partial charge in [-0.2, -0.15) is 0 Å². The van der Waals surface area contributed by atoms with Crippen LogP contribution in [0.25, 0.3) is 0 Å². The summed E-state index contributed by atoms with van der Waals surface area (Å²) in [6.45, 7) is 0.160. The van der Waals surface area contributed by atoms with Crippen molar-refractivity contribution in [3.63, 3.8) is 0 Å². The van der Waals surface area contributed by atoms with Crippen LogP contribution < -0.4 is 32.3 Å². The summed E-state index contributed by atoms with van der Waals surface area (Å²) in [5, 5.41) is 36.3. The standard InChI is InChI=1S/C39H57N7O9/c40-37(51)29-13-7-8-20-41-38(52)31(23-27-14-16-28(17-15-27)46(54)55)45-39(53)32(22-26-11-5-2-6-12-26)44-36(50)24-33(47)30(21-25-9-3-1-4-10-25)43-35(49)19-18-34(48)42-29/h14-19,25-26,29-33,47H,1-13,20-24H2,(H2,40,51)(H,41,52)(H,42,48)(H,43,49)(H,44,50)(H,45,53)/b19-18-/t29-,30-,31-,32-,33-/m0/s1. The summed E-state index contributed by atoms with van der Waals surface area (Å²) in [6, 6.07) is 1.66. The van der Waals surface area contributed by atoms with E-state index in [0.717, 1.165) is 76.4 Å². The minimum atomic E-state index is -1.32. The van der Waals surface area contributed by atoms with Gasteiger partial charge in [-0.05, 0) is 49.5 Å². The van der Waals surface area contributed by atoms with E-state index in [1.54, 1.807) is 0 Å². The number of aliphatic hydroxyl groups is 1. The summed E-state index contributed by atoms with van der Waals surface area (Å²) in [7, 11) is 0. The normalized spacial score (nSPS) is 27.1. The van der Waals surface area contributed by atoms with E-state index in [2.05, 4.69) is 26.6 Å². The number of nitrogens with two attached hydrogens (primary N) is 1. The summed E-state index contributed by atoms with van der Waals surface area (Å²) in [4.78, 5) is 89.8. The number of carbonyl (C=O) groups excluding carboxylic acids is 6. The number of nitro benzene ring substituents is 1. The molecule has 2 aliphatic carbocycles. The highest BCUT2D eigenvalue weighted by Gasteiger charge is 2.32. The van der Waals surface area contributed by atoms with Crippen molar-refractivity contribution < 1.29 is 38.8 Å². The number of nitrogens with one attached hydrogen (secondary N) is 5. The van der Waals surface area contributed by atoms with Crippen molar-refractivity contribution in [2.45, 2.75) is 139 Å². The molecular weight excluding hydrogens is 710 g/mol. The van der Waals surface area contributed by atoms with Crippen LogP contribution in [0.4, 0.5) is 5.69 Å². The van der Waals surface area contributed by atoms with E-state index in [0.29, 0.717) is 31.2 Å². The lowest BCUT2D eigenvalue weighted by Gasteiger charge is -2.31. The molecule has 4 rings (SSSR count). The Morgan fingerprint density at radius 1 is 0.727 bits per heavy atom. The first-order chi connectivity index (χ1) is 26.4. The van der Waals surface area contributed by atoms with E-state index in [1.807, 2.05) is 0 Å². The van der Waals surface area contributed by atoms with Crippen molar-refractivity contribution in [2.24, 2.45) is 17.6 Å². The Morgan fingerprint density at radius 2 is 1.31 bits per heavy atom. The van der Waals surface area contributed by atoms with Gasteiger partial charge in [0.05, 0.1) is 23.5 Å². The summed E-state index contributed by atoms with van der Waals surface area (Å²) in [5.41, 5.74) is 5.96. The van der Waals surface area contributed by atoms with E-state index in [1.165, 1.54) is 24.3 Å². The predicted molar refractivity (Wildman–Crippen MR) is 203 cm³/mol. The molecule has 16 heteroatoms. The highest BCUT2D eigenvalue weighted by molar-refractivity contribution is 5.98. The number of hydrogen-bond donors (Lipinski definition) is 7. The Hall–Kier alpha value is -4.86. The molecule has 2 saturated carbocycles. The van der Waals surface area contributed by atoms with E-state index >= 15 is 0 Å². The van der Waals surface area contributed by atoms with Crippen LogP contribution in [0.15, 0.2) is 36.4 Å². The predicted octanol–water partition coefficient (Wildman–Crippen LogP) is 2.11. The number of nitrogens with zero attached hydrogens (tertiary/aromatic N) is 1. The van der Waals surface area contributed by atoms with Gasteiger partial charge in [-0.15, -0.1) is 0 Å². The fourth-order valence-electron chi connectivity index (χ4n) is 7.83.